The van der Waals surface area contributed by atoms with Gasteiger partial charge >= 0.3 is 6.03 Å². The molecule has 4 amide bonds. The van der Waals surface area contributed by atoms with Crippen LogP contribution in [0.25, 0.3) is 6.08 Å². The van der Waals surface area contributed by atoms with E-state index in [1.165, 1.54) is 13.2 Å². The van der Waals surface area contributed by atoms with Crippen LogP contribution >= 0.6 is 0 Å². The zero-order valence-electron chi connectivity index (χ0n) is 19.1. The fourth-order valence-corrected chi connectivity index (χ4v) is 3.63. The number of hydrogen-bond acceptors (Lipinski definition) is 5. The Labute approximate surface area is 197 Å². The molecule has 4 rings (SSSR count). The van der Waals surface area contributed by atoms with Gasteiger partial charge in [-0.05, 0) is 61.9 Å². The zero-order chi connectivity index (χ0) is 24.2. The lowest BCUT2D eigenvalue weighted by Gasteiger charge is -2.33. The first-order valence-electron chi connectivity index (χ1n) is 10.8. The average molecular weight is 456 g/mol. The van der Waals surface area contributed by atoms with Gasteiger partial charge in [-0.15, -0.1) is 0 Å². The molecular weight excluding hydrogens is 432 g/mol. The monoisotopic (exact) mass is 456 g/mol. The van der Waals surface area contributed by atoms with Crippen LogP contribution in [0.15, 0.2) is 84.4 Å². The van der Waals surface area contributed by atoms with Crippen LogP contribution in [0.1, 0.15) is 19.4 Å². The molecule has 1 saturated heterocycles. The summed E-state index contributed by atoms with van der Waals surface area (Å²) in [5, 5.41) is 0. The summed E-state index contributed by atoms with van der Waals surface area (Å²) in [7, 11) is 1.52. The Kier molecular flexibility index (Phi) is 6.45. The van der Waals surface area contributed by atoms with Gasteiger partial charge in [-0.2, -0.15) is 0 Å². The number of urea groups is 1. The van der Waals surface area contributed by atoms with Crippen molar-refractivity contribution in [2.75, 3.05) is 16.9 Å². The molecule has 7 nitrogen and oxygen atoms in total. The number of ether oxygens (including phenoxy) is 2. The number of methoxy groups -OCH3 is 1. The summed E-state index contributed by atoms with van der Waals surface area (Å²) in [5.74, 6) is -0.382. The smallest absolute Gasteiger partial charge is 0.343 e. The van der Waals surface area contributed by atoms with Crippen LogP contribution in [0.2, 0.25) is 0 Å². The first kappa shape index (κ1) is 22.8. The second kappa shape index (κ2) is 9.62. The van der Waals surface area contributed by atoms with Crippen molar-refractivity contribution >= 4 is 35.3 Å². The average Bonchev–Trinajstić information content (AvgIpc) is 2.83. The molecule has 0 atom stereocenters. The van der Waals surface area contributed by atoms with Crippen molar-refractivity contribution in [3.8, 4) is 11.5 Å². The number of nitrogens with zero attached hydrogens (tertiary/aromatic N) is 2. The quantitative estimate of drug-likeness (QED) is 0.383. The van der Waals surface area contributed by atoms with Crippen molar-refractivity contribution in [1.82, 2.24) is 0 Å². The van der Waals surface area contributed by atoms with E-state index >= 15 is 0 Å². The number of carbonyl (C=O) groups is 3. The van der Waals surface area contributed by atoms with Gasteiger partial charge in [0.15, 0.2) is 11.5 Å². The summed E-state index contributed by atoms with van der Waals surface area (Å²) in [6.07, 6.45) is 1.41. The van der Waals surface area contributed by atoms with Crippen LogP contribution < -0.4 is 19.3 Å². The summed E-state index contributed by atoms with van der Waals surface area (Å²) < 4.78 is 11.2. The van der Waals surface area contributed by atoms with E-state index in [9.17, 15) is 14.4 Å². The molecule has 0 N–H and O–H groups in total. The number of amides is 4. The number of anilines is 2. The number of imide groups is 2. The molecule has 7 heteroatoms. The van der Waals surface area contributed by atoms with Gasteiger partial charge in [0.25, 0.3) is 11.8 Å². The van der Waals surface area contributed by atoms with Crippen molar-refractivity contribution < 1.29 is 23.9 Å². The van der Waals surface area contributed by atoms with Crippen molar-refractivity contribution in [2.24, 2.45) is 0 Å². The van der Waals surface area contributed by atoms with E-state index < -0.39 is 17.8 Å². The minimum Gasteiger partial charge on any atom is -0.493 e. The van der Waals surface area contributed by atoms with Crippen LogP contribution in [0, 0.1) is 0 Å². The van der Waals surface area contributed by atoms with E-state index in [-0.39, 0.29) is 11.7 Å². The second-order valence-corrected chi connectivity index (χ2v) is 7.87. The third kappa shape index (κ3) is 4.41. The molecule has 1 aliphatic heterocycles. The molecule has 3 aromatic rings. The number of carbonyl (C=O) groups excluding carboxylic acids is 3. The van der Waals surface area contributed by atoms with E-state index in [0.717, 1.165) is 9.80 Å². The maximum absolute atomic E-state index is 13.4. The van der Waals surface area contributed by atoms with E-state index in [2.05, 4.69) is 0 Å². The van der Waals surface area contributed by atoms with Gasteiger partial charge in [0.1, 0.15) is 5.57 Å². The highest BCUT2D eigenvalue weighted by Gasteiger charge is 2.43. The molecule has 0 bridgehead atoms. The standard InChI is InChI=1S/C27H24N2O5/c1-18(2)34-23-15-14-19(17-24(23)33-3)16-22-25(30)28(20-10-6-4-7-11-20)27(32)29(26(22)31)21-12-8-5-9-13-21/h4-18H,1-3H3. The SMILES string of the molecule is COc1cc(C=C2C(=O)N(c3ccccc3)C(=O)N(c3ccccc3)C2=O)ccc1OC(C)C. The Bertz CT molecular complexity index is 1190. The molecule has 0 saturated carbocycles. The van der Waals surface area contributed by atoms with Crippen molar-refractivity contribution in [2.45, 2.75) is 20.0 Å². The highest BCUT2D eigenvalue weighted by Crippen LogP contribution is 2.32. The highest BCUT2D eigenvalue weighted by atomic mass is 16.5. The number of para-hydroxylation sites is 2. The molecule has 1 heterocycles. The molecule has 172 valence electrons. The predicted molar refractivity (Wildman–Crippen MR) is 130 cm³/mol. The number of barbiturate groups is 1. The molecular formula is C27H24N2O5. The minimum absolute atomic E-state index is 0.0514. The maximum atomic E-state index is 13.4. The van der Waals surface area contributed by atoms with Gasteiger partial charge < -0.3 is 9.47 Å². The molecule has 1 fully saturated rings. The summed E-state index contributed by atoms with van der Waals surface area (Å²) in [6, 6.07) is 21.4. The molecule has 0 spiro atoms. The summed E-state index contributed by atoms with van der Waals surface area (Å²) >= 11 is 0. The lowest BCUT2D eigenvalue weighted by Crippen LogP contribution is -2.57. The number of rotatable bonds is 6. The van der Waals surface area contributed by atoms with Crippen LogP contribution in [0.5, 0.6) is 11.5 Å². The van der Waals surface area contributed by atoms with E-state index in [0.29, 0.717) is 28.4 Å². The van der Waals surface area contributed by atoms with Crippen LogP contribution in [-0.2, 0) is 9.59 Å². The Hall–Kier alpha value is -4.39. The largest absolute Gasteiger partial charge is 0.493 e. The van der Waals surface area contributed by atoms with Crippen molar-refractivity contribution in [3.05, 3.63) is 90.0 Å². The molecule has 34 heavy (non-hydrogen) atoms. The van der Waals surface area contributed by atoms with Gasteiger partial charge in [0.05, 0.1) is 24.6 Å². The van der Waals surface area contributed by atoms with Crippen molar-refractivity contribution in [1.29, 1.82) is 0 Å². The van der Waals surface area contributed by atoms with Crippen LogP contribution in [-0.4, -0.2) is 31.1 Å². The topological polar surface area (TPSA) is 76.2 Å². The minimum atomic E-state index is -0.734. The van der Waals surface area contributed by atoms with Gasteiger partial charge in [-0.25, -0.2) is 14.6 Å². The molecule has 0 aliphatic carbocycles. The predicted octanol–water partition coefficient (Wildman–Crippen LogP) is 5.07. The number of benzene rings is 3. The normalized spacial score (nSPS) is 14.0. The molecule has 1 aliphatic rings. The van der Waals surface area contributed by atoms with Gasteiger partial charge in [-0.1, -0.05) is 42.5 Å². The number of hydrogen-bond donors (Lipinski definition) is 0. The Morgan fingerprint density at radius 1 is 0.735 bits per heavy atom. The van der Waals surface area contributed by atoms with E-state index in [4.69, 9.17) is 9.47 Å². The molecule has 0 radical (unpaired) electrons. The Balaban J connectivity index is 1.82. The zero-order valence-corrected chi connectivity index (χ0v) is 19.1. The maximum Gasteiger partial charge on any atom is 0.343 e. The Morgan fingerprint density at radius 3 is 1.74 bits per heavy atom. The van der Waals surface area contributed by atoms with Gasteiger partial charge in [0.2, 0.25) is 0 Å². The lowest BCUT2D eigenvalue weighted by molar-refractivity contribution is -0.121. The molecule has 3 aromatic carbocycles. The second-order valence-electron chi connectivity index (χ2n) is 7.87. The molecule has 0 aromatic heterocycles. The fourth-order valence-electron chi connectivity index (χ4n) is 3.63. The van der Waals surface area contributed by atoms with E-state index in [1.807, 2.05) is 13.8 Å². The van der Waals surface area contributed by atoms with Crippen LogP contribution in [0.3, 0.4) is 0 Å². The fraction of sp³-hybridized carbons (Fsp3) is 0.148. The third-order valence-corrected chi connectivity index (χ3v) is 5.14. The van der Waals surface area contributed by atoms with Crippen LogP contribution in [0.4, 0.5) is 16.2 Å². The third-order valence-electron chi connectivity index (χ3n) is 5.14. The molecule has 0 unspecified atom stereocenters. The Morgan fingerprint density at radius 2 is 1.26 bits per heavy atom. The first-order valence-corrected chi connectivity index (χ1v) is 10.8. The van der Waals surface area contributed by atoms with Gasteiger partial charge in [0, 0.05) is 0 Å². The summed E-state index contributed by atoms with van der Waals surface area (Å²) in [4.78, 5) is 42.2. The summed E-state index contributed by atoms with van der Waals surface area (Å²) in [5.41, 5.74) is 1.15. The van der Waals surface area contributed by atoms with E-state index in [1.54, 1.807) is 78.9 Å². The first-order chi connectivity index (χ1) is 16.4. The lowest BCUT2D eigenvalue weighted by atomic mass is 10.0. The van der Waals surface area contributed by atoms with Crippen molar-refractivity contribution in [3.63, 3.8) is 0 Å². The highest BCUT2D eigenvalue weighted by molar-refractivity contribution is 6.46. The summed E-state index contributed by atoms with van der Waals surface area (Å²) in [6.45, 7) is 3.81. The van der Waals surface area contributed by atoms with Gasteiger partial charge in [-0.3, -0.25) is 9.59 Å².